The fraction of sp³-hybridized carbons (Fsp3) is 0.0909. The SMILES string of the molecule is COc1cccc(-c2csc(NC(=O)C(C)Sc3ccc(NC(=O)/C(=C/c4ccsc4)NC(=O)c4ccccc4)cc3)n2)c1. The van der Waals surface area contributed by atoms with Crippen LogP contribution in [0.25, 0.3) is 17.3 Å². The molecule has 0 aliphatic carbocycles. The smallest absolute Gasteiger partial charge is 0.272 e. The average Bonchev–Trinajstić information content (AvgIpc) is 3.74. The lowest BCUT2D eigenvalue weighted by molar-refractivity contribution is -0.115. The number of nitrogens with zero attached hydrogens (tertiary/aromatic N) is 1. The van der Waals surface area contributed by atoms with Gasteiger partial charge in [-0.2, -0.15) is 11.3 Å². The van der Waals surface area contributed by atoms with Crippen LogP contribution in [-0.4, -0.2) is 35.1 Å². The third kappa shape index (κ3) is 8.22. The summed E-state index contributed by atoms with van der Waals surface area (Å²) in [5.74, 6) is -0.265. The van der Waals surface area contributed by atoms with Crippen LogP contribution in [0.3, 0.4) is 0 Å². The predicted octanol–water partition coefficient (Wildman–Crippen LogP) is 7.41. The van der Waals surface area contributed by atoms with Crippen molar-refractivity contribution in [2.45, 2.75) is 17.1 Å². The van der Waals surface area contributed by atoms with Gasteiger partial charge < -0.3 is 20.7 Å². The Labute approximate surface area is 267 Å². The van der Waals surface area contributed by atoms with Gasteiger partial charge in [-0.1, -0.05) is 30.3 Å². The van der Waals surface area contributed by atoms with E-state index in [0.717, 1.165) is 27.5 Å². The molecule has 5 rings (SSSR count). The molecule has 0 bridgehead atoms. The van der Waals surface area contributed by atoms with E-state index in [2.05, 4.69) is 20.9 Å². The molecule has 3 aromatic carbocycles. The molecule has 0 fully saturated rings. The third-order valence-corrected chi connectivity index (χ3v) is 8.85. The number of rotatable bonds is 11. The monoisotopic (exact) mass is 640 g/mol. The summed E-state index contributed by atoms with van der Waals surface area (Å²) in [7, 11) is 1.62. The number of thiazole rings is 1. The number of hydrogen-bond donors (Lipinski definition) is 3. The first-order valence-corrected chi connectivity index (χ1v) is 16.2. The molecule has 0 saturated carbocycles. The van der Waals surface area contributed by atoms with Crippen LogP contribution in [0, 0.1) is 0 Å². The Hall–Kier alpha value is -4.71. The van der Waals surface area contributed by atoms with E-state index >= 15 is 0 Å². The van der Waals surface area contributed by atoms with Crippen LogP contribution in [0.5, 0.6) is 5.75 Å². The maximum atomic E-state index is 13.2. The van der Waals surface area contributed by atoms with Gasteiger partial charge in [0, 0.05) is 27.1 Å². The highest BCUT2D eigenvalue weighted by atomic mass is 32.2. The molecule has 0 spiro atoms. The Kier molecular flexibility index (Phi) is 10.2. The van der Waals surface area contributed by atoms with Gasteiger partial charge in [0.05, 0.1) is 18.1 Å². The number of benzene rings is 3. The maximum Gasteiger partial charge on any atom is 0.272 e. The zero-order valence-electron chi connectivity index (χ0n) is 23.8. The van der Waals surface area contributed by atoms with E-state index < -0.39 is 11.2 Å². The van der Waals surface area contributed by atoms with Gasteiger partial charge in [-0.3, -0.25) is 14.4 Å². The lowest BCUT2D eigenvalue weighted by atomic mass is 10.2. The zero-order chi connectivity index (χ0) is 30.9. The van der Waals surface area contributed by atoms with Crippen LogP contribution >= 0.6 is 34.4 Å². The Morgan fingerprint density at radius 1 is 0.932 bits per heavy atom. The molecule has 44 heavy (non-hydrogen) atoms. The first-order chi connectivity index (χ1) is 21.4. The number of nitrogens with one attached hydrogen (secondary N) is 3. The van der Waals surface area contributed by atoms with Gasteiger partial charge in [-0.25, -0.2) is 4.98 Å². The highest BCUT2D eigenvalue weighted by Gasteiger charge is 2.18. The summed E-state index contributed by atoms with van der Waals surface area (Å²) in [6.07, 6.45) is 1.64. The van der Waals surface area contributed by atoms with Gasteiger partial charge in [-0.05, 0) is 83.9 Å². The Morgan fingerprint density at radius 3 is 2.45 bits per heavy atom. The summed E-state index contributed by atoms with van der Waals surface area (Å²) in [6, 6.07) is 25.4. The van der Waals surface area contributed by atoms with Crippen molar-refractivity contribution in [2.75, 3.05) is 17.7 Å². The minimum absolute atomic E-state index is 0.123. The van der Waals surface area contributed by atoms with Crippen LogP contribution in [0.4, 0.5) is 10.8 Å². The number of anilines is 2. The van der Waals surface area contributed by atoms with Crippen molar-refractivity contribution in [2.24, 2.45) is 0 Å². The average molecular weight is 641 g/mol. The van der Waals surface area contributed by atoms with Crippen LogP contribution < -0.4 is 20.7 Å². The van der Waals surface area contributed by atoms with E-state index in [4.69, 9.17) is 4.74 Å². The van der Waals surface area contributed by atoms with Gasteiger partial charge in [0.2, 0.25) is 5.91 Å². The van der Waals surface area contributed by atoms with E-state index in [9.17, 15) is 14.4 Å². The van der Waals surface area contributed by atoms with Crippen LogP contribution in [-0.2, 0) is 9.59 Å². The number of thiophene rings is 1. The van der Waals surface area contributed by atoms with Crippen LogP contribution in [0.15, 0.2) is 112 Å². The minimum Gasteiger partial charge on any atom is -0.497 e. The number of amides is 3. The highest BCUT2D eigenvalue weighted by Crippen LogP contribution is 2.29. The van der Waals surface area contributed by atoms with Gasteiger partial charge >= 0.3 is 0 Å². The molecule has 11 heteroatoms. The molecule has 5 aromatic rings. The van der Waals surface area contributed by atoms with Crippen molar-refractivity contribution in [1.82, 2.24) is 10.3 Å². The molecule has 0 saturated heterocycles. The molecule has 222 valence electrons. The highest BCUT2D eigenvalue weighted by molar-refractivity contribution is 8.00. The Morgan fingerprint density at radius 2 is 1.73 bits per heavy atom. The lowest BCUT2D eigenvalue weighted by Gasteiger charge is -2.13. The predicted molar refractivity (Wildman–Crippen MR) is 179 cm³/mol. The Balaban J connectivity index is 1.18. The van der Waals surface area contributed by atoms with Crippen LogP contribution in [0.1, 0.15) is 22.8 Å². The second-order valence-electron chi connectivity index (χ2n) is 9.43. The largest absolute Gasteiger partial charge is 0.497 e. The number of hydrogen-bond acceptors (Lipinski definition) is 8. The molecule has 8 nitrogen and oxygen atoms in total. The summed E-state index contributed by atoms with van der Waals surface area (Å²) >= 11 is 4.24. The minimum atomic E-state index is -0.453. The third-order valence-electron chi connectivity index (χ3n) is 6.28. The molecule has 1 unspecified atom stereocenters. The van der Waals surface area contributed by atoms with E-state index in [1.807, 2.05) is 71.6 Å². The van der Waals surface area contributed by atoms with E-state index in [1.165, 1.54) is 34.4 Å². The van der Waals surface area contributed by atoms with Crippen molar-refractivity contribution in [1.29, 1.82) is 0 Å². The number of carbonyl (C=O) groups is 3. The van der Waals surface area contributed by atoms with Gasteiger partial charge in [0.25, 0.3) is 11.8 Å². The summed E-state index contributed by atoms with van der Waals surface area (Å²) < 4.78 is 5.29. The lowest BCUT2D eigenvalue weighted by Crippen LogP contribution is -2.30. The topological polar surface area (TPSA) is 109 Å². The summed E-state index contributed by atoms with van der Waals surface area (Å²) in [6.45, 7) is 1.82. The Bertz CT molecular complexity index is 1770. The molecular formula is C33H28N4O4S3. The second-order valence-corrected chi connectivity index (χ2v) is 12.5. The van der Waals surface area contributed by atoms with Crippen molar-refractivity contribution in [3.05, 3.63) is 118 Å². The summed E-state index contributed by atoms with van der Waals surface area (Å²) in [4.78, 5) is 44.3. The number of carbonyl (C=O) groups excluding carboxylic acids is 3. The zero-order valence-corrected chi connectivity index (χ0v) is 26.2. The van der Waals surface area contributed by atoms with Crippen LogP contribution in [0.2, 0.25) is 0 Å². The van der Waals surface area contributed by atoms with Gasteiger partial charge in [-0.15, -0.1) is 23.1 Å². The molecule has 0 aliphatic heterocycles. The first-order valence-electron chi connectivity index (χ1n) is 13.5. The quantitative estimate of drug-likeness (QED) is 0.103. The fourth-order valence-corrected chi connectivity index (χ4v) is 6.20. The second kappa shape index (κ2) is 14.6. The number of ether oxygens (including phenoxy) is 1. The fourth-order valence-electron chi connectivity index (χ4n) is 3.99. The van der Waals surface area contributed by atoms with E-state index in [-0.39, 0.29) is 17.5 Å². The molecule has 3 N–H and O–H groups in total. The molecular weight excluding hydrogens is 613 g/mol. The molecule has 2 heterocycles. The van der Waals surface area contributed by atoms with Gasteiger partial charge in [0.1, 0.15) is 11.4 Å². The van der Waals surface area contributed by atoms with E-state index in [0.29, 0.717) is 16.4 Å². The van der Waals surface area contributed by atoms with Crippen molar-refractivity contribution in [3.8, 4) is 17.0 Å². The van der Waals surface area contributed by atoms with Gasteiger partial charge in [0.15, 0.2) is 5.13 Å². The number of aromatic nitrogens is 1. The number of methoxy groups -OCH3 is 1. The normalized spacial score (nSPS) is 11.8. The first kappa shape index (κ1) is 30.7. The summed E-state index contributed by atoms with van der Waals surface area (Å²) in [5.41, 5.74) is 3.59. The standard InChI is InChI=1S/C33H28N4O4S3/c1-21(30(38)37-33-36-29(20-43-33)24-9-6-10-26(18-24)41-2)44-27-13-11-25(12-14-27)34-32(40)28(17-22-15-16-42-19-22)35-31(39)23-7-4-3-5-8-23/h3-21H,1-2H3,(H,34,40)(H,35,39)(H,36,37,38)/b28-17-. The van der Waals surface area contributed by atoms with Crippen molar-refractivity contribution < 1.29 is 19.1 Å². The number of thioether (sulfide) groups is 1. The molecule has 0 aliphatic rings. The van der Waals surface area contributed by atoms with Crippen molar-refractivity contribution in [3.63, 3.8) is 0 Å². The molecule has 2 aromatic heterocycles. The molecule has 1 atom stereocenters. The molecule has 3 amide bonds. The summed E-state index contributed by atoms with van der Waals surface area (Å²) in [5, 5.41) is 14.3. The molecule has 0 radical (unpaired) electrons. The van der Waals surface area contributed by atoms with Crippen molar-refractivity contribution >= 4 is 69.1 Å². The van der Waals surface area contributed by atoms with E-state index in [1.54, 1.807) is 49.6 Å². The maximum absolute atomic E-state index is 13.2.